The molecule has 0 spiro atoms. The number of sulfone groups is 1. The van der Waals surface area contributed by atoms with Crippen LogP contribution >= 0.6 is 0 Å². The molecule has 1 aliphatic heterocycles. The van der Waals surface area contributed by atoms with Gasteiger partial charge in [-0.3, -0.25) is 4.79 Å². The molecule has 1 heterocycles. The molecule has 2 rings (SSSR count). The van der Waals surface area contributed by atoms with Crippen LogP contribution < -0.4 is 4.74 Å². The van der Waals surface area contributed by atoms with E-state index in [1.807, 2.05) is 6.92 Å². The smallest absolute Gasteiger partial charge is 0.257 e. The lowest BCUT2D eigenvalue weighted by atomic mass is 10.1. The summed E-state index contributed by atoms with van der Waals surface area (Å²) < 4.78 is 28.4. The van der Waals surface area contributed by atoms with Crippen molar-refractivity contribution < 1.29 is 17.9 Å². The van der Waals surface area contributed by atoms with E-state index < -0.39 is 9.84 Å². The molecule has 0 radical (unpaired) electrons. The van der Waals surface area contributed by atoms with Crippen LogP contribution in [-0.4, -0.2) is 50.4 Å². The lowest BCUT2D eigenvalue weighted by molar-refractivity contribution is 0.0705. The molecule has 1 saturated heterocycles. The van der Waals surface area contributed by atoms with Gasteiger partial charge in [0.05, 0.1) is 24.2 Å². The molecule has 1 aromatic carbocycles. The van der Waals surface area contributed by atoms with Gasteiger partial charge in [-0.25, -0.2) is 8.42 Å². The van der Waals surface area contributed by atoms with Crippen LogP contribution in [-0.2, 0) is 9.84 Å². The summed E-state index contributed by atoms with van der Waals surface area (Å²) in [6, 6.07) is 6.77. The van der Waals surface area contributed by atoms with Gasteiger partial charge in [0.15, 0.2) is 9.84 Å². The zero-order chi connectivity index (χ0) is 14.8. The van der Waals surface area contributed by atoms with Gasteiger partial charge in [0, 0.05) is 12.6 Å². The zero-order valence-corrected chi connectivity index (χ0v) is 12.5. The molecule has 1 fully saturated rings. The number of benzene rings is 1. The Labute approximate surface area is 119 Å². The van der Waals surface area contributed by atoms with Gasteiger partial charge in [0.1, 0.15) is 5.75 Å². The maximum absolute atomic E-state index is 12.6. The summed E-state index contributed by atoms with van der Waals surface area (Å²) >= 11 is 0. The molecule has 0 unspecified atom stereocenters. The Kier molecular flexibility index (Phi) is 4.32. The fourth-order valence-corrected chi connectivity index (χ4v) is 4.30. The predicted molar refractivity (Wildman–Crippen MR) is 76.8 cm³/mol. The second kappa shape index (κ2) is 5.83. The minimum atomic E-state index is -3.01. The predicted octanol–water partition coefficient (Wildman–Crippen LogP) is 1.34. The summed E-state index contributed by atoms with van der Waals surface area (Å²) in [5.74, 6) is 0.554. The zero-order valence-electron chi connectivity index (χ0n) is 11.7. The Bertz CT molecular complexity index is 597. The van der Waals surface area contributed by atoms with Crippen molar-refractivity contribution in [2.75, 3.05) is 25.2 Å². The lowest BCUT2D eigenvalue weighted by Crippen LogP contribution is -2.41. The summed E-state index contributed by atoms with van der Waals surface area (Å²) in [5.41, 5.74) is 0.473. The Morgan fingerprint density at radius 3 is 2.65 bits per heavy atom. The number of rotatable bonds is 4. The molecule has 5 nitrogen and oxygen atoms in total. The second-order valence-corrected chi connectivity index (χ2v) is 7.08. The number of ether oxygens (including phenoxy) is 1. The Morgan fingerprint density at radius 2 is 2.10 bits per heavy atom. The van der Waals surface area contributed by atoms with Gasteiger partial charge in [-0.05, 0) is 25.5 Å². The van der Waals surface area contributed by atoms with Crippen LogP contribution in [0.3, 0.4) is 0 Å². The van der Waals surface area contributed by atoms with Gasteiger partial charge in [-0.2, -0.15) is 0 Å². The Morgan fingerprint density at radius 1 is 1.40 bits per heavy atom. The highest BCUT2D eigenvalue weighted by molar-refractivity contribution is 7.91. The molecule has 0 bridgehead atoms. The molecule has 6 heteroatoms. The molecule has 1 atom stereocenters. The number of carbonyl (C=O) groups is 1. The van der Waals surface area contributed by atoms with Crippen molar-refractivity contribution >= 4 is 15.7 Å². The number of carbonyl (C=O) groups excluding carboxylic acids is 1. The van der Waals surface area contributed by atoms with Crippen LogP contribution in [0.25, 0.3) is 0 Å². The molecule has 1 aliphatic rings. The van der Waals surface area contributed by atoms with Crippen molar-refractivity contribution in [3.05, 3.63) is 29.8 Å². The molecule has 0 saturated carbocycles. The van der Waals surface area contributed by atoms with E-state index in [0.29, 0.717) is 24.3 Å². The van der Waals surface area contributed by atoms with Crippen LogP contribution in [0, 0.1) is 0 Å². The van der Waals surface area contributed by atoms with E-state index in [0.717, 1.165) is 0 Å². The molecular weight excluding hydrogens is 278 g/mol. The van der Waals surface area contributed by atoms with Crippen molar-refractivity contribution in [3.63, 3.8) is 0 Å². The van der Waals surface area contributed by atoms with Gasteiger partial charge in [0.25, 0.3) is 5.91 Å². The monoisotopic (exact) mass is 297 g/mol. The molecule has 20 heavy (non-hydrogen) atoms. The van der Waals surface area contributed by atoms with Gasteiger partial charge in [-0.15, -0.1) is 0 Å². The molecular formula is C14H19NO4S. The quantitative estimate of drug-likeness (QED) is 0.841. The molecule has 1 aromatic rings. The SMILES string of the molecule is CCN(C(=O)c1ccccc1OC)[C@H]1CCS(=O)(=O)C1. The third-order valence-corrected chi connectivity index (χ3v) is 5.34. The van der Waals surface area contributed by atoms with E-state index in [4.69, 9.17) is 4.74 Å². The Hall–Kier alpha value is -1.56. The fraction of sp³-hybridized carbons (Fsp3) is 0.500. The first-order chi connectivity index (χ1) is 9.48. The molecule has 0 N–H and O–H groups in total. The molecule has 1 amide bonds. The van der Waals surface area contributed by atoms with Crippen molar-refractivity contribution in [1.29, 1.82) is 0 Å². The summed E-state index contributed by atoms with van der Waals surface area (Å²) in [6.07, 6.45) is 0.511. The first kappa shape index (κ1) is 14.8. The topological polar surface area (TPSA) is 63.7 Å². The number of para-hydroxylation sites is 1. The maximum atomic E-state index is 12.6. The van der Waals surface area contributed by atoms with Crippen LogP contribution in [0.1, 0.15) is 23.7 Å². The minimum absolute atomic E-state index is 0.0573. The molecule has 110 valence electrons. The summed E-state index contributed by atoms with van der Waals surface area (Å²) in [6.45, 7) is 2.34. The van der Waals surface area contributed by atoms with Gasteiger partial charge in [-0.1, -0.05) is 12.1 Å². The van der Waals surface area contributed by atoms with E-state index in [1.165, 1.54) is 7.11 Å². The lowest BCUT2D eigenvalue weighted by Gasteiger charge is -2.27. The van der Waals surface area contributed by atoms with Gasteiger partial charge < -0.3 is 9.64 Å². The standard InChI is InChI=1S/C14H19NO4S/c1-3-15(11-8-9-20(17,18)10-11)14(16)12-6-4-5-7-13(12)19-2/h4-7,11H,3,8-10H2,1-2H3/t11-/m0/s1. The largest absolute Gasteiger partial charge is 0.496 e. The van der Waals surface area contributed by atoms with Crippen molar-refractivity contribution in [3.8, 4) is 5.75 Å². The van der Waals surface area contributed by atoms with Crippen LogP contribution in [0.4, 0.5) is 0 Å². The van der Waals surface area contributed by atoms with Crippen molar-refractivity contribution in [1.82, 2.24) is 4.90 Å². The Balaban J connectivity index is 2.26. The van der Waals surface area contributed by atoms with Gasteiger partial charge >= 0.3 is 0 Å². The van der Waals surface area contributed by atoms with E-state index in [1.54, 1.807) is 29.2 Å². The first-order valence-corrected chi connectivity index (χ1v) is 8.45. The van der Waals surface area contributed by atoms with E-state index >= 15 is 0 Å². The highest BCUT2D eigenvalue weighted by Gasteiger charge is 2.34. The van der Waals surface area contributed by atoms with Crippen LogP contribution in [0.15, 0.2) is 24.3 Å². The maximum Gasteiger partial charge on any atom is 0.257 e. The highest BCUT2D eigenvalue weighted by Crippen LogP contribution is 2.24. The van der Waals surface area contributed by atoms with Crippen molar-refractivity contribution in [2.45, 2.75) is 19.4 Å². The van der Waals surface area contributed by atoms with Gasteiger partial charge in [0.2, 0.25) is 0 Å². The summed E-state index contributed by atoms with van der Waals surface area (Å²) in [4.78, 5) is 14.2. The average molecular weight is 297 g/mol. The number of hydrogen-bond donors (Lipinski definition) is 0. The van der Waals surface area contributed by atoms with Crippen LogP contribution in [0.5, 0.6) is 5.75 Å². The van der Waals surface area contributed by atoms with Crippen LogP contribution in [0.2, 0.25) is 0 Å². The number of nitrogens with zero attached hydrogens (tertiary/aromatic N) is 1. The second-order valence-electron chi connectivity index (χ2n) is 4.85. The third kappa shape index (κ3) is 2.95. The number of methoxy groups -OCH3 is 1. The molecule has 0 aliphatic carbocycles. The summed E-state index contributed by atoms with van der Waals surface area (Å²) in [7, 11) is -1.49. The summed E-state index contributed by atoms with van der Waals surface area (Å²) in [5, 5.41) is 0. The van der Waals surface area contributed by atoms with E-state index in [-0.39, 0.29) is 23.5 Å². The highest BCUT2D eigenvalue weighted by atomic mass is 32.2. The first-order valence-electron chi connectivity index (χ1n) is 6.63. The molecule has 0 aromatic heterocycles. The third-order valence-electron chi connectivity index (χ3n) is 3.59. The number of hydrogen-bond acceptors (Lipinski definition) is 4. The van der Waals surface area contributed by atoms with E-state index in [9.17, 15) is 13.2 Å². The minimum Gasteiger partial charge on any atom is -0.496 e. The van der Waals surface area contributed by atoms with Crippen molar-refractivity contribution in [2.24, 2.45) is 0 Å². The fourth-order valence-electron chi connectivity index (χ4n) is 2.56. The van der Waals surface area contributed by atoms with E-state index in [2.05, 4.69) is 0 Å². The number of amides is 1. The average Bonchev–Trinajstić information content (AvgIpc) is 2.79. The normalized spacial score (nSPS) is 20.6.